The molecule has 1 aromatic carbocycles. The zero-order valence-corrected chi connectivity index (χ0v) is 13.0. The van der Waals surface area contributed by atoms with Crippen molar-refractivity contribution in [2.75, 3.05) is 11.1 Å². The van der Waals surface area contributed by atoms with Gasteiger partial charge in [-0.15, -0.1) is 16.4 Å². The fraction of sp³-hybridized carbons (Fsp3) is 0.250. The van der Waals surface area contributed by atoms with E-state index in [4.69, 9.17) is 5.73 Å². The number of aromatic nitrogens is 3. The summed E-state index contributed by atoms with van der Waals surface area (Å²) in [5, 5.41) is 9.91. The van der Waals surface area contributed by atoms with Gasteiger partial charge in [-0.25, -0.2) is 4.68 Å². The first-order chi connectivity index (χ1) is 10.7. The van der Waals surface area contributed by atoms with Crippen LogP contribution in [0.15, 0.2) is 41.8 Å². The van der Waals surface area contributed by atoms with Gasteiger partial charge in [-0.1, -0.05) is 35.9 Å². The summed E-state index contributed by atoms with van der Waals surface area (Å²) in [6, 6.07) is 13.2. The maximum Gasteiger partial charge on any atom is 0.241 e. The third-order valence-electron chi connectivity index (χ3n) is 4.06. The topological polar surface area (TPSA) is 68.8 Å². The van der Waals surface area contributed by atoms with Crippen LogP contribution in [0.3, 0.4) is 0 Å². The maximum absolute atomic E-state index is 5.80. The Morgan fingerprint density at radius 2 is 2.09 bits per heavy atom. The average molecular weight is 311 g/mol. The number of hydrogen-bond donors (Lipinski definition) is 2. The molecule has 3 heterocycles. The van der Waals surface area contributed by atoms with Crippen LogP contribution in [0.1, 0.15) is 34.5 Å². The summed E-state index contributed by atoms with van der Waals surface area (Å²) in [4.78, 5) is 5.61. The second-order valence-electron chi connectivity index (χ2n) is 5.61. The summed E-state index contributed by atoms with van der Waals surface area (Å²) >= 11 is 1.74. The van der Waals surface area contributed by atoms with E-state index in [0.717, 1.165) is 12.4 Å². The normalized spacial score (nSPS) is 20.4. The van der Waals surface area contributed by atoms with E-state index in [9.17, 15) is 0 Å². The third-order valence-corrected chi connectivity index (χ3v) is 5.03. The van der Waals surface area contributed by atoms with Crippen molar-refractivity contribution in [1.29, 1.82) is 0 Å². The number of rotatable bonds is 2. The summed E-state index contributed by atoms with van der Waals surface area (Å²) in [6.07, 6.45) is 0.930. The maximum atomic E-state index is 5.80. The Kier molecular flexibility index (Phi) is 3.11. The molecule has 0 spiro atoms. The molecule has 22 heavy (non-hydrogen) atoms. The van der Waals surface area contributed by atoms with Crippen LogP contribution in [0.2, 0.25) is 0 Å². The highest BCUT2D eigenvalue weighted by Crippen LogP contribution is 2.39. The van der Waals surface area contributed by atoms with Crippen LogP contribution in [0, 0.1) is 6.92 Å². The molecule has 2 aromatic heterocycles. The van der Waals surface area contributed by atoms with E-state index in [0.29, 0.717) is 5.95 Å². The lowest BCUT2D eigenvalue weighted by Gasteiger charge is -2.31. The lowest BCUT2D eigenvalue weighted by atomic mass is 9.96. The first kappa shape index (κ1) is 13.3. The molecule has 112 valence electrons. The van der Waals surface area contributed by atoms with Crippen LogP contribution < -0.4 is 11.1 Å². The number of nitrogens with zero attached hydrogens (tertiary/aromatic N) is 3. The SMILES string of the molecule is Cc1ccc([C@@H]2C[C@H](c3cccs3)n3nc(N)nc3N2)cc1. The molecule has 0 unspecified atom stereocenters. The molecule has 4 rings (SSSR count). The molecular formula is C16H17N5S. The first-order valence-electron chi connectivity index (χ1n) is 7.29. The summed E-state index contributed by atoms with van der Waals surface area (Å²) in [6.45, 7) is 2.10. The molecule has 0 saturated heterocycles. The average Bonchev–Trinajstić information content (AvgIpc) is 3.15. The highest BCUT2D eigenvalue weighted by atomic mass is 32.1. The highest BCUT2D eigenvalue weighted by Gasteiger charge is 2.31. The molecule has 2 atom stereocenters. The number of aryl methyl sites for hydroxylation is 1. The molecule has 0 fully saturated rings. The summed E-state index contributed by atoms with van der Waals surface area (Å²) in [7, 11) is 0. The Morgan fingerprint density at radius 3 is 2.82 bits per heavy atom. The number of nitrogens with one attached hydrogen (secondary N) is 1. The van der Waals surface area contributed by atoms with Crippen molar-refractivity contribution in [3.63, 3.8) is 0 Å². The van der Waals surface area contributed by atoms with Crippen molar-refractivity contribution in [2.24, 2.45) is 0 Å². The van der Waals surface area contributed by atoms with Gasteiger partial charge in [0.25, 0.3) is 0 Å². The van der Waals surface area contributed by atoms with Gasteiger partial charge in [0.05, 0.1) is 12.1 Å². The van der Waals surface area contributed by atoms with Crippen molar-refractivity contribution in [2.45, 2.75) is 25.4 Å². The van der Waals surface area contributed by atoms with Crippen LogP contribution in [0.4, 0.5) is 11.9 Å². The molecule has 0 saturated carbocycles. The van der Waals surface area contributed by atoms with Crippen LogP contribution in [0.25, 0.3) is 0 Å². The predicted octanol–water partition coefficient (Wildman–Crippen LogP) is 3.38. The van der Waals surface area contributed by atoms with Gasteiger partial charge in [-0.3, -0.25) is 0 Å². The standard InChI is InChI=1S/C16H17N5S/c1-10-4-6-11(7-5-10)12-9-13(14-3-2-8-22-14)21-16(18-12)19-15(17)20-21/h2-8,12-13H,9H2,1H3,(H3,17,18,19,20)/t12-,13+/m0/s1. The van der Waals surface area contributed by atoms with Gasteiger partial charge in [-0.05, 0) is 30.4 Å². The molecule has 0 radical (unpaired) electrons. The van der Waals surface area contributed by atoms with Crippen LogP contribution in [0.5, 0.6) is 0 Å². The predicted molar refractivity (Wildman–Crippen MR) is 89.1 cm³/mol. The molecule has 3 N–H and O–H groups in total. The van der Waals surface area contributed by atoms with Gasteiger partial charge in [0.15, 0.2) is 0 Å². The minimum Gasteiger partial charge on any atom is -0.366 e. The highest BCUT2D eigenvalue weighted by molar-refractivity contribution is 7.10. The van der Waals surface area contributed by atoms with E-state index >= 15 is 0 Å². The lowest BCUT2D eigenvalue weighted by Crippen LogP contribution is -2.27. The zero-order chi connectivity index (χ0) is 15.1. The molecule has 3 aromatic rings. The fourth-order valence-corrected chi connectivity index (χ4v) is 3.75. The smallest absolute Gasteiger partial charge is 0.241 e. The number of thiophene rings is 1. The zero-order valence-electron chi connectivity index (χ0n) is 12.2. The van der Waals surface area contributed by atoms with E-state index < -0.39 is 0 Å². The molecular weight excluding hydrogens is 294 g/mol. The molecule has 0 bridgehead atoms. The van der Waals surface area contributed by atoms with Crippen LogP contribution in [-0.4, -0.2) is 14.8 Å². The largest absolute Gasteiger partial charge is 0.366 e. The van der Waals surface area contributed by atoms with Crippen molar-refractivity contribution >= 4 is 23.2 Å². The van der Waals surface area contributed by atoms with E-state index in [2.05, 4.69) is 64.1 Å². The Labute approximate surface area is 132 Å². The van der Waals surface area contributed by atoms with Crippen LogP contribution >= 0.6 is 11.3 Å². The number of benzene rings is 1. The van der Waals surface area contributed by atoms with E-state index in [-0.39, 0.29) is 12.1 Å². The van der Waals surface area contributed by atoms with Gasteiger partial charge < -0.3 is 11.1 Å². The second kappa shape index (κ2) is 5.14. The Balaban J connectivity index is 1.74. The van der Waals surface area contributed by atoms with E-state index in [1.807, 2.05) is 4.68 Å². The van der Waals surface area contributed by atoms with Crippen molar-refractivity contribution < 1.29 is 0 Å². The molecule has 6 heteroatoms. The van der Waals surface area contributed by atoms with Crippen molar-refractivity contribution in [3.05, 3.63) is 57.8 Å². The number of fused-ring (bicyclic) bond motifs is 1. The molecule has 1 aliphatic rings. The first-order valence-corrected chi connectivity index (χ1v) is 8.17. The Morgan fingerprint density at radius 1 is 1.27 bits per heavy atom. The monoisotopic (exact) mass is 311 g/mol. The second-order valence-corrected chi connectivity index (χ2v) is 6.59. The summed E-state index contributed by atoms with van der Waals surface area (Å²) < 4.78 is 1.91. The van der Waals surface area contributed by atoms with Gasteiger partial charge in [0, 0.05) is 4.88 Å². The third kappa shape index (κ3) is 2.25. The molecule has 1 aliphatic heterocycles. The Hall–Kier alpha value is -2.34. The van der Waals surface area contributed by atoms with Gasteiger partial charge in [0.1, 0.15) is 0 Å². The molecule has 0 amide bonds. The quantitative estimate of drug-likeness (QED) is 0.761. The number of anilines is 2. The number of nitrogens with two attached hydrogens (primary N) is 1. The fourth-order valence-electron chi connectivity index (χ4n) is 2.93. The van der Waals surface area contributed by atoms with Gasteiger partial charge in [0.2, 0.25) is 11.9 Å². The minimum atomic E-state index is 0.173. The van der Waals surface area contributed by atoms with Crippen LogP contribution in [-0.2, 0) is 0 Å². The van der Waals surface area contributed by atoms with Crippen molar-refractivity contribution in [3.8, 4) is 0 Å². The summed E-state index contributed by atoms with van der Waals surface area (Å²) in [5.41, 5.74) is 8.33. The van der Waals surface area contributed by atoms with Gasteiger partial charge in [-0.2, -0.15) is 4.98 Å². The molecule has 0 aliphatic carbocycles. The van der Waals surface area contributed by atoms with E-state index in [1.54, 1.807) is 11.3 Å². The number of hydrogen-bond acceptors (Lipinski definition) is 5. The lowest BCUT2D eigenvalue weighted by molar-refractivity contribution is 0.437. The Bertz CT molecular complexity index is 775. The summed E-state index contributed by atoms with van der Waals surface area (Å²) in [5.74, 6) is 1.06. The van der Waals surface area contributed by atoms with E-state index in [1.165, 1.54) is 16.0 Å². The van der Waals surface area contributed by atoms with Gasteiger partial charge >= 0.3 is 0 Å². The molecule has 5 nitrogen and oxygen atoms in total. The van der Waals surface area contributed by atoms with Crippen molar-refractivity contribution in [1.82, 2.24) is 14.8 Å². The number of nitrogen functional groups attached to an aromatic ring is 1. The minimum absolute atomic E-state index is 0.173.